The maximum Gasteiger partial charge on any atom is 0.225 e. The van der Waals surface area contributed by atoms with Crippen LogP contribution in [0.4, 0.5) is 0 Å². The van der Waals surface area contributed by atoms with Gasteiger partial charge in [-0.3, -0.25) is 4.79 Å². The molecule has 6 nitrogen and oxygen atoms in total. The van der Waals surface area contributed by atoms with Crippen LogP contribution >= 0.6 is 24.8 Å². The van der Waals surface area contributed by atoms with Crippen molar-refractivity contribution in [3.63, 3.8) is 0 Å². The average molecular weight is 372 g/mol. The lowest BCUT2D eigenvalue weighted by molar-refractivity contribution is -0.125. The number of amides is 1. The molecule has 1 aliphatic carbocycles. The van der Waals surface area contributed by atoms with E-state index in [1.54, 1.807) is 6.33 Å². The first-order valence-corrected chi connectivity index (χ1v) is 7.63. The van der Waals surface area contributed by atoms with E-state index in [0.29, 0.717) is 12.6 Å². The second-order valence-corrected chi connectivity index (χ2v) is 5.83. The van der Waals surface area contributed by atoms with Gasteiger partial charge in [0.1, 0.15) is 6.33 Å². The Balaban J connectivity index is 0.00000144. The molecular formula is C16H23Cl2N5O. The molecule has 0 spiro atoms. The first kappa shape index (κ1) is 20.4. The van der Waals surface area contributed by atoms with Crippen LogP contribution < -0.4 is 11.1 Å². The Morgan fingerprint density at radius 3 is 2.62 bits per heavy atom. The highest BCUT2D eigenvalue weighted by molar-refractivity contribution is 5.85. The van der Waals surface area contributed by atoms with Gasteiger partial charge in [-0.2, -0.15) is 0 Å². The zero-order chi connectivity index (χ0) is 15.5. The molecule has 0 aliphatic heterocycles. The molecule has 2 atom stereocenters. The van der Waals surface area contributed by atoms with Crippen LogP contribution in [0.3, 0.4) is 0 Å². The van der Waals surface area contributed by atoms with Crippen molar-refractivity contribution in [3.8, 4) is 0 Å². The number of nitrogens with one attached hydrogen (secondary N) is 1. The highest BCUT2D eigenvalue weighted by Crippen LogP contribution is 2.35. The quantitative estimate of drug-likeness (QED) is 0.816. The van der Waals surface area contributed by atoms with E-state index in [4.69, 9.17) is 5.73 Å². The molecule has 1 heterocycles. The summed E-state index contributed by atoms with van der Waals surface area (Å²) >= 11 is 0. The van der Waals surface area contributed by atoms with Gasteiger partial charge in [-0.15, -0.1) is 35.0 Å². The summed E-state index contributed by atoms with van der Waals surface area (Å²) < 4.78 is 2.04. The van der Waals surface area contributed by atoms with Crippen LogP contribution in [-0.4, -0.2) is 20.7 Å². The fourth-order valence-electron chi connectivity index (χ4n) is 2.50. The third kappa shape index (κ3) is 4.69. The number of aromatic nitrogens is 3. The van der Waals surface area contributed by atoms with E-state index in [-0.39, 0.29) is 42.7 Å². The molecule has 1 amide bonds. The van der Waals surface area contributed by atoms with Gasteiger partial charge in [-0.25, -0.2) is 0 Å². The van der Waals surface area contributed by atoms with Crippen molar-refractivity contribution < 1.29 is 4.79 Å². The molecule has 132 valence electrons. The maximum absolute atomic E-state index is 12.3. The topological polar surface area (TPSA) is 85.8 Å². The molecule has 0 radical (unpaired) electrons. The van der Waals surface area contributed by atoms with E-state index in [9.17, 15) is 4.79 Å². The molecule has 1 aliphatic rings. The normalized spacial score (nSPS) is 15.6. The van der Waals surface area contributed by atoms with Crippen LogP contribution in [0.1, 0.15) is 43.2 Å². The highest BCUT2D eigenvalue weighted by atomic mass is 35.5. The van der Waals surface area contributed by atoms with Gasteiger partial charge in [0.25, 0.3) is 0 Å². The summed E-state index contributed by atoms with van der Waals surface area (Å²) in [7, 11) is 0. The van der Waals surface area contributed by atoms with Crippen LogP contribution in [0, 0.1) is 5.92 Å². The van der Waals surface area contributed by atoms with Gasteiger partial charge >= 0.3 is 0 Å². The smallest absolute Gasteiger partial charge is 0.225 e. The summed E-state index contributed by atoms with van der Waals surface area (Å²) in [5.74, 6) is 0.428. The fraction of sp³-hybridized carbons (Fsp3) is 0.438. The standard InChI is InChI=1S/C16H21N5O.2ClH/c1-11(15(17)12-5-3-2-4-6-12)16(22)18-9-14-20-19-10-21(14)13-7-8-13;;/h2-6,10-11,13,15H,7-9,17H2,1H3,(H,18,22);2*1H. The van der Waals surface area contributed by atoms with Crippen molar-refractivity contribution in [2.45, 2.75) is 38.4 Å². The van der Waals surface area contributed by atoms with E-state index in [1.807, 2.05) is 41.8 Å². The minimum Gasteiger partial charge on any atom is -0.349 e. The molecule has 1 aromatic carbocycles. The molecular weight excluding hydrogens is 349 g/mol. The second kappa shape index (κ2) is 9.01. The lowest BCUT2D eigenvalue weighted by Crippen LogP contribution is -2.35. The fourth-order valence-corrected chi connectivity index (χ4v) is 2.50. The zero-order valence-corrected chi connectivity index (χ0v) is 15.1. The van der Waals surface area contributed by atoms with Gasteiger partial charge in [0.15, 0.2) is 5.82 Å². The summed E-state index contributed by atoms with van der Waals surface area (Å²) in [6.45, 7) is 2.24. The van der Waals surface area contributed by atoms with Crippen molar-refractivity contribution >= 4 is 30.7 Å². The molecule has 3 N–H and O–H groups in total. The molecule has 1 saturated carbocycles. The van der Waals surface area contributed by atoms with E-state index in [1.165, 1.54) is 0 Å². The van der Waals surface area contributed by atoms with E-state index < -0.39 is 0 Å². The number of hydrogen-bond acceptors (Lipinski definition) is 4. The van der Waals surface area contributed by atoms with Gasteiger partial charge in [0.2, 0.25) is 5.91 Å². The number of benzene rings is 1. The highest BCUT2D eigenvalue weighted by Gasteiger charge is 2.27. The lowest BCUT2D eigenvalue weighted by atomic mass is 9.95. The molecule has 24 heavy (non-hydrogen) atoms. The summed E-state index contributed by atoms with van der Waals surface area (Å²) in [6.07, 6.45) is 4.06. The number of halogens is 2. The molecule has 2 aromatic rings. The third-order valence-electron chi connectivity index (χ3n) is 4.14. The monoisotopic (exact) mass is 371 g/mol. The summed E-state index contributed by atoms with van der Waals surface area (Å²) in [4.78, 5) is 12.3. The van der Waals surface area contributed by atoms with Crippen LogP contribution in [0.2, 0.25) is 0 Å². The number of carbonyl (C=O) groups is 1. The van der Waals surface area contributed by atoms with Gasteiger partial charge in [-0.05, 0) is 18.4 Å². The van der Waals surface area contributed by atoms with Gasteiger partial charge in [0.05, 0.1) is 12.5 Å². The van der Waals surface area contributed by atoms with E-state index >= 15 is 0 Å². The van der Waals surface area contributed by atoms with Crippen molar-refractivity contribution in [3.05, 3.63) is 48.0 Å². The van der Waals surface area contributed by atoms with Crippen molar-refractivity contribution in [1.82, 2.24) is 20.1 Å². The Bertz CT molecular complexity index is 645. The third-order valence-corrected chi connectivity index (χ3v) is 4.14. The SMILES string of the molecule is CC(C(=O)NCc1nncn1C1CC1)C(N)c1ccccc1.Cl.Cl. The van der Waals surface area contributed by atoms with Gasteiger partial charge in [-0.1, -0.05) is 37.3 Å². The predicted octanol–water partition coefficient (Wildman–Crippen LogP) is 2.41. The molecule has 0 saturated heterocycles. The van der Waals surface area contributed by atoms with Crippen LogP contribution in [0.5, 0.6) is 0 Å². The largest absolute Gasteiger partial charge is 0.349 e. The number of nitrogens with zero attached hydrogens (tertiary/aromatic N) is 3. The molecule has 3 rings (SSSR count). The molecule has 1 aromatic heterocycles. The predicted molar refractivity (Wildman–Crippen MR) is 97.2 cm³/mol. The average Bonchev–Trinajstić information content (AvgIpc) is 3.30. The van der Waals surface area contributed by atoms with Crippen LogP contribution in [0.15, 0.2) is 36.7 Å². The Morgan fingerprint density at radius 2 is 2.00 bits per heavy atom. The van der Waals surface area contributed by atoms with Gasteiger partial charge < -0.3 is 15.6 Å². The number of rotatable bonds is 6. The van der Waals surface area contributed by atoms with E-state index in [0.717, 1.165) is 24.2 Å². The number of nitrogens with two attached hydrogens (primary N) is 1. The van der Waals surface area contributed by atoms with Gasteiger partial charge in [0, 0.05) is 12.1 Å². The van der Waals surface area contributed by atoms with Crippen molar-refractivity contribution in [2.75, 3.05) is 0 Å². The molecule has 2 unspecified atom stereocenters. The number of carbonyl (C=O) groups excluding carboxylic acids is 1. The maximum atomic E-state index is 12.3. The first-order valence-electron chi connectivity index (χ1n) is 7.63. The summed E-state index contributed by atoms with van der Waals surface area (Å²) in [6, 6.07) is 9.87. The second-order valence-electron chi connectivity index (χ2n) is 5.83. The molecule has 1 fully saturated rings. The first-order chi connectivity index (χ1) is 10.7. The molecule has 8 heteroatoms. The summed E-state index contributed by atoms with van der Waals surface area (Å²) in [5.41, 5.74) is 7.15. The van der Waals surface area contributed by atoms with Crippen LogP contribution in [0.25, 0.3) is 0 Å². The Morgan fingerprint density at radius 1 is 1.33 bits per heavy atom. The van der Waals surface area contributed by atoms with E-state index in [2.05, 4.69) is 15.5 Å². The van der Waals surface area contributed by atoms with Crippen LogP contribution in [-0.2, 0) is 11.3 Å². The molecule has 0 bridgehead atoms. The van der Waals surface area contributed by atoms with Crippen molar-refractivity contribution in [2.24, 2.45) is 11.7 Å². The minimum atomic E-state index is -0.317. The Labute approximate surface area is 154 Å². The number of hydrogen-bond donors (Lipinski definition) is 2. The van der Waals surface area contributed by atoms with Crippen molar-refractivity contribution in [1.29, 1.82) is 0 Å². The zero-order valence-electron chi connectivity index (χ0n) is 13.5. The Hall–Kier alpha value is -1.63. The Kier molecular flexibility index (Phi) is 7.66. The lowest BCUT2D eigenvalue weighted by Gasteiger charge is -2.19. The minimum absolute atomic E-state index is 0. The summed E-state index contributed by atoms with van der Waals surface area (Å²) in [5, 5.41) is 10.9.